The molecular weight excluding hydrogens is 344 g/mol. The third kappa shape index (κ3) is 4.67. The number of thioether (sulfide) groups is 1. The molecule has 1 aliphatic heterocycles. The minimum atomic E-state index is -0.0647. The quantitative estimate of drug-likeness (QED) is 0.734. The van der Waals surface area contributed by atoms with E-state index in [1.54, 1.807) is 11.8 Å². The van der Waals surface area contributed by atoms with Crippen LogP contribution in [0.15, 0.2) is 24.3 Å². The Morgan fingerprint density at radius 3 is 2.75 bits per heavy atom. The lowest BCUT2D eigenvalue weighted by molar-refractivity contribution is -0.134. The normalized spacial score (nSPS) is 17.6. The Morgan fingerprint density at radius 1 is 1.42 bits per heavy atom. The first-order chi connectivity index (χ1) is 11.4. The van der Waals surface area contributed by atoms with Crippen LogP contribution in [0.25, 0.3) is 0 Å². The monoisotopic (exact) mass is 368 g/mol. The number of hydrogen-bond acceptors (Lipinski definition) is 3. The van der Waals surface area contributed by atoms with Crippen LogP contribution in [0.1, 0.15) is 38.1 Å². The Hall–Kier alpha value is -1.20. The summed E-state index contributed by atoms with van der Waals surface area (Å²) in [7, 11) is 0. The van der Waals surface area contributed by atoms with Gasteiger partial charge in [-0.05, 0) is 18.9 Å². The van der Waals surface area contributed by atoms with Gasteiger partial charge in [-0.15, -0.1) is 11.8 Å². The SMILES string of the molecule is CCN(CCN1C(=O)CS[C@@H]1c1ccccc1Cl)C(=O)CC(C)C. The molecule has 2 amide bonds. The van der Waals surface area contributed by atoms with E-state index in [0.29, 0.717) is 42.7 Å². The third-order valence-electron chi connectivity index (χ3n) is 4.07. The predicted octanol–water partition coefficient (Wildman–Crippen LogP) is 3.81. The molecule has 0 unspecified atom stereocenters. The zero-order valence-corrected chi connectivity index (χ0v) is 16.1. The van der Waals surface area contributed by atoms with Crippen molar-refractivity contribution in [2.45, 2.75) is 32.6 Å². The van der Waals surface area contributed by atoms with Crippen LogP contribution in [0.4, 0.5) is 0 Å². The van der Waals surface area contributed by atoms with E-state index in [4.69, 9.17) is 11.6 Å². The topological polar surface area (TPSA) is 40.6 Å². The lowest BCUT2D eigenvalue weighted by Crippen LogP contribution is -2.40. The molecule has 0 spiro atoms. The maximum Gasteiger partial charge on any atom is 0.233 e. The molecule has 1 saturated heterocycles. The van der Waals surface area contributed by atoms with Gasteiger partial charge in [-0.3, -0.25) is 9.59 Å². The Labute approximate surface area is 153 Å². The van der Waals surface area contributed by atoms with Crippen LogP contribution in [0.5, 0.6) is 0 Å². The van der Waals surface area contributed by atoms with Crippen LogP contribution < -0.4 is 0 Å². The molecule has 0 radical (unpaired) electrons. The highest BCUT2D eigenvalue weighted by molar-refractivity contribution is 8.00. The van der Waals surface area contributed by atoms with E-state index in [9.17, 15) is 9.59 Å². The van der Waals surface area contributed by atoms with Crippen molar-refractivity contribution in [3.63, 3.8) is 0 Å². The molecule has 1 aromatic carbocycles. The van der Waals surface area contributed by atoms with Crippen molar-refractivity contribution in [1.29, 1.82) is 0 Å². The molecule has 0 N–H and O–H groups in total. The summed E-state index contributed by atoms with van der Waals surface area (Å²) < 4.78 is 0. The highest BCUT2D eigenvalue weighted by Gasteiger charge is 2.34. The molecule has 132 valence electrons. The molecule has 24 heavy (non-hydrogen) atoms. The highest BCUT2D eigenvalue weighted by atomic mass is 35.5. The second-order valence-electron chi connectivity index (χ2n) is 6.34. The smallest absolute Gasteiger partial charge is 0.233 e. The van der Waals surface area contributed by atoms with Crippen molar-refractivity contribution >= 4 is 35.2 Å². The molecule has 1 fully saturated rings. The van der Waals surface area contributed by atoms with Crippen molar-refractivity contribution in [2.24, 2.45) is 5.92 Å². The number of carbonyl (C=O) groups excluding carboxylic acids is 2. The van der Waals surface area contributed by atoms with E-state index < -0.39 is 0 Å². The standard InChI is InChI=1S/C18H25ClN2O2S/c1-4-20(16(22)11-13(2)3)9-10-21-17(23)12-24-18(21)14-7-5-6-8-15(14)19/h5-8,13,18H,4,9-12H2,1-3H3/t18-/m1/s1. The fourth-order valence-electron chi connectivity index (χ4n) is 2.79. The summed E-state index contributed by atoms with van der Waals surface area (Å²) in [5.41, 5.74) is 0.964. The van der Waals surface area contributed by atoms with Gasteiger partial charge in [0.25, 0.3) is 0 Å². The maximum atomic E-state index is 12.3. The van der Waals surface area contributed by atoms with E-state index in [1.807, 2.05) is 54.8 Å². The Morgan fingerprint density at radius 2 is 2.12 bits per heavy atom. The first-order valence-electron chi connectivity index (χ1n) is 8.37. The predicted molar refractivity (Wildman–Crippen MR) is 100 cm³/mol. The van der Waals surface area contributed by atoms with Crippen molar-refractivity contribution < 1.29 is 9.59 Å². The summed E-state index contributed by atoms with van der Waals surface area (Å²) in [4.78, 5) is 28.2. The minimum Gasteiger partial charge on any atom is -0.341 e. The van der Waals surface area contributed by atoms with Gasteiger partial charge in [-0.2, -0.15) is 0 Å². The van der Waals surface area contributed by atoms with Crippen molar-refractivity contribution in [1.82, 2.24) is 9.80 Å². The second-order valence-corrected chi connectivity index (χ2v) is 7.82. The number of nitrogens with zero attached hydrogens (tertiary/aromatic N) is 2. The van der Waals surface area contributed by atoms with E-state index in [-0.39, 0.29) is 17.2 Å². The van der Waals surface area contributed by atoms with Gasteiger partial charge in [0.1, 0.15) is 5.37 Å². The third-order valence-corrected chi connectivity index (χ3v) is 5.65. The molecule has 6 heteroatoms. The number of amides is 2. The first-order valence-corrected chi connectivity index (χ1v) is 9.80. The molecular formula is C18H25ClN2O2S. The molecule has 1 heterocycles. The van der Waals surface area contributed by atoms with Crippen LogP contribution in [0, 0.1) is 5.92 Å². The highest BCUT2D eigenvalue weighted by Crippen LogP contribution is 2.41. The zero-order valence-electron chi connectivity index (χ0n) is 14.5. The van der Waals surface area contributed by atoms with E-state index in [1.165, 1.54) is 0 Å². The van der Waals surface area contributed by atoms with Crippen molar-refractivity contribution in [3.8, 4) is 0 Å². The Balaban J connectivity index is 2.05. The Bertz CT molecular complexity index is 594. The van der Waals surface area contributed by atoms with Crippen molar-refractivity contribution in [3.05, 3.63) is 34.9 Å². The van der Waals surface area contributed by atoms with E-state index in [2.05, 4.69) is 0 Å². The number of benzene rings is 1. The first kappa shape index (κ1) is 19.1. The molecule has 1 aliphatic rings. The van der Waals surface area contributed by atoms with E-state index in [0.717, 1.165) is 5.56 Å². The summed E-state index contributed by atoms with van der Waals surface area (Å²) in [5.74, 6) is 1.06. The summed E-state index contributed by atoms with van der Waals surface area (Å²) in [6.07, 6.45) is 0.546. The summed E-state index contributed by atoms with van der Waals surface area (Å²) in [6.45, 7) is 7.83. The fourth-order valence-corrected chi connectivity index (χ4v) is 4.35. The number of halogens is 1. The van der Waals surface area contributed by atoms with Gasteiger partial charge in [-0.1, -0.05) is 43.6 Å². The number of carbonyl (C=O) groups is 2. The second kappa shape index (κ2) is 8.77. The summed E-state index contributed by atoms with van der Waals surface area (Å²) >= 11 is 7.89. The van der Waals surface area contributed by atoms with Crippen LogP contribution >= 0.6 is 23.4 Å². The minimum absolute atomic E-state index is 0.0647. The molecule has 0 bridgehead atoms. The van der Waals surface area contributed by atoms with Gasteiger partial charge >= 0.3 is 0 Å². The molecule has 2 rings (SSSR count). The fraction of sp³-hybridized carbons (Fsp3) is 0.556. The number of likely N-dealkylation sites (N-methyl/N-ethyl adjacent to an activating group) is 1. The van der Waals surface area contributed by atoms with Gasteiger partial charge in [0.15, 0.2) is 0 Å². The van der Waals surface area contributed by atoms with Gasteiger partial charge in [0, 0.05) is 36.6 Å². The van der Waals surface area contributed by atoms with Gasteiger partial charge in [-0.25, -0.2) is 0 Å². The largest absolute Gasteiger partial charge is 0.341 e. The van der Waals surface area contributed by atoms with Crippen LogP contribution in [0.2, 0.25) is 5.02 Å². The van der Waals surface area contributed by atoms with Crippen LogP contribution in [-0.2, 0) is 9.59 Å². The average Bonchev–Trinajstić information content (AvgIpc) is 2.89. The summed E-state index contributed by atoms with van der Waals surface area (Å²) in [6, 6.07) is 7.64. The number of rotatable bonds is 7. The van der Waals surface area contributed by atoms with Crippen LogP contribution in [-0.4, -0.2) is 47.0 Å². The molecule has 0 saturated carbocycles. The molecule has 4 nitrogen and oxygen atoms in total. The molecule has 0 aliphatic carbocycles. The van der Waals surface area contributed by atoms with Gasteiger partial charge < -0.3 is 9.80 Å². The molecule has 0 aromatic heterocycles. The van der Waals surface area contributed by atoms with Crippen molar-refractivity contribution in [2.75, 3.05) is 25.4 Å². The van der Waals surface area contributed by atoms with Gasteiger partial charge in [0.2, 0.25) is 11.8 Å². The zero-order chi connectivity index (χ0) is 17.7. The molecule has 1 aromatic rings. The summed E-state index contributed by atoms with van der Waals surface area (Å²) in [5, 5.41) is 0.614. The maximum absolute atomic E-state index is 12.3. The molecule has 1 atom stereocenters. The lowest BCUT2D eigenvalue weighted by Gasteiger charge is -2.29. The Kier molecular flexibility index (Phi) is 6.99. The lowest BCUT2D eigenvalue weighted by atomic mass is 10.1. The number of hydrogen-bond donors (Lipinski definition) is 0. The average molecular weight is 369 g/mol. The van der Waals surface area contributed by atoms with Gasteiger partial charge in [0.05, 0.1) is 5.75 Å². The van der Waals surface area contributed by atoms with Crippen LogP contribution in [0.3, 0.4) is 0 Å². The van der Waals surface area contributed by atoms with E-state index >= 15 is 0 Å².